The molecule has 20 heavy (non-hydrogen) atoms. The van der Waals surface area contributed by atoms with Crippen LogP contribution in [0.2, 0.25) is 0 Å². The number of benzene rings is 2. The topological polar surface area (TPSA) is 38.7 Å². The fourth-order valence-corrected chi connectivity index (χ4v) is 1.81. The number of ether oxygens (including phenoxy) is 2. The highest BCUT2D eigenvalue weighted by Crippen LogP contribution is 2.27. The van der Waals surface area contributed by atoms with Crippen LogP contribution < -0.4 is 9.47 Å². The molecule has 1 atom stereocenters. The lowest BCUT2D eigenvalue weighted by Crippen LogP contribution is -2.12. The van der Waals surface area contributed by atoms with Crippen LogP contribution in [-0.4, -0.2) is 18.8 Å². The number of para-hydroxylation sites is 2. The van der Waals surface area contributed by atoms with Crippen molar-refractivity contribution < 1.29 is 23.4 Å². The summed E-state index contributed by atoms with van der Waals surface area (Å²) in [5, 5.41) is 10.0. The molecule has 0 spiro atoms. The molecule has 0 bridgehead atoms. The van der Waals surface area contributed by atoms with E-state index in [1.165, 1.54) is 13.2 Å². The van der Waals surface area contributed by atoms with Crippen LogP contribution in [0.25, 0.3) is 0 Å². The van der Waals surface area contributed by atoms with Gasteiger partial charge in [-0.3, -0.25) is 0 Å². The van der Waals surface area contributed by atoms with Gasteiger partial charge in [0, 0.05) is 5.56 Å². The summed E-state index contributed by atoms with van der Waals surface area (Å²) in [4.78, 5) is 0. The van der Waals surface area contributed by atoms with Gasteiger partial charge < -0.3 is 14.6 Å². The number of methoxy groups -OCH3 is 1. The zero-order valence-corrected chi connectivity index (χ0v) is 10.8. The number of hydrogen-bond acceptors (Lipinski definition) is 3. The average molecular weight is 280 g/mol. The highest BCUT2D eigenvalue weighted by molar-refractivity contribution is 5.35. The maximum Gasteiger partial charge on any atom is 0.190 e. The summed E-state index contributed by atoms with van der Waals surface area (Å²) in [6, 6.07) is 10.2. The summed E-state index contributed by atoms with van der Waals surface area (Å²) < 4.78 is 36.9. The monoisotopic (exact) mass is 280 g/mol. The maximum atomic E-state index is 13.4. The molecule has 0 aromatic heterocycles. The normalized spacial score (nSPS) is 12.0. The van der Waals surface area contributed by atoms with E-state index in [0.29, 0.717) is 11.3 Å². The van der Waals surface area contributed by atoms with Crippen molar-refractivity contribution in [3.05, 3.63) is 59.7 Å². The quantitative estimate of drug-likeness (QED) is 0.914. The number of rotatable bonds is 5. The molecular weight excluding hydrogens is 266 g/mol. The van der Waals surface area contributed by atoms with Gasteiger partial charge in [-0.1, -0.05) is 24.3 Å². The summed E-state index contributed by atoms with van der Waals surface area (Å²) in [5.74, 6) is -1.63. The molecule has 0 amide bonds. The van der Waals surface area contributed by atoms with Gasteiger partial charge in [-0.2, -0.15) is 0 Å². The number of halogens is 2. The van der Waals surface area contributed by atoms with E-state index in [1.54, 1.807) is 24.3 Å². The smallest absolute Gasteiger partial charge is 0.190 e. The standard InChI is InChI=1S/C15H14F2O3/c1-19-14-8-3-2-5-10(14)13(18)9-20-15-11(16)6-4-7-12(15)17/h2-8,13,18H,9H2,1H3. The van der Waals surface area contributed by atoms with E-state index >= 15 is 0 Å². The van der Waals surface area contributed by atoms with E-state index in [2.05, 4.69) is 0 Å². The van der Waals surface area contributed by atoms with Crippen molar-refractivity contribution in [2.75, 3.05) is 13.7 Å². The minimum absolute atomic E-state index is 0.280. The molecule has 0 saturated carbocycles. The fraction of sp³-hybridized carbons (Fsp3) is 0.200. The number of aliphatic hydroxyl groups is 1. The van der Waals surface area contributed by atoms with E-state index in [1.807, 2.05) is 0 Å². The van der Waals surface area contributed by atoms with Gasteiger partial charge in [0.1, 0.15) is 18.5 Å². The van der Waals surface area contributed by atoms with Gasteiger partial charge in [-0.05, 0) is 18.2 Å². The minimum Gasteiger partial charge on any atom is -0.496 e. The van der Waals surface area contributed by atoms with Gasteiger partial charge in [-0.25, -0.2) is 8.78 Å². The highest BCUT2D eigenvalue weighted by atomic mass is 19.1. The summed E-state index contributed by atoms with van der Waals surface area (Å²) in [6.45, 7) is -0.280. The first kappa shape index (κ1) is 14.3. The Kier molecular flexibility index (Phi) is 4.53. The van der Waals surface area contributed by atoms with Crippen LogP contribution in [0, 0.1) is 11.6 Å². The first-order valence-electron chi connectivity index (χ1n) is 6.01. The van der Waals surface area contributed by atoms with Crippen LogP contribution in [0.3, 0.4) is 0 Å². The fourth-order valence-electron chi connectivity index (χ4n) is 1.81. The molecular formula is C15H14F2O3. The van der Waals surface area contributed by atoms with Gasteiger partial charge in [0.25, 0.3) is 0 Å². The van der Waals surface area contributed by atoms with Gasteiger partial charge in [0.2, 0.25) is 0 Å². The SMILES string of the molecule is COc1ccccc1C(O)COc1c(F)cccc1F. The molecule has 106 valence electrons. The molecule has 0 heterocycles. The number of hydrogen-bond donors (Lipinski definition) is 1. The summed E-state index contributed by atoms with van der Waals surface area (Å²) >= 11 is 0. The molecule has 3 nitrogen and oxygen atoms in total. The summed E-state index contributed by atoms with van der Waals surface area (Å²) in [5.41, 5.74) is 0.492. The lowest BCUT2D eigenvalue weighted by Gasteiger charge is -2.16. The molecule has 0 saturated heterocycles. The van der Waals surface area contributed by atoms with E-state index in [4.69, 9.17) is 9.47 Å². The summed E-state index contributed by atoms with van der Waals surface area (Å²) in [6.07, 6.45) is -1.05. The average Bonchev–Trinajstić information content (AvgIpc) is 2.46. The zero-order chi connectivity index (χ0) is 14.5. The van der Waals surface area contributed by atoms with E-state index in [0.717, 1.165) is 12.1 Å². The molecule has 2 aromatic rings. The lowest BCUT2D eigenvalue weighted by molar-refractivity contribution is 0.101. The van der Waals surface area contributed by atoms with Crippen LogP contribution in [-0.2, 0) is 0 Å². The minimum atomic E-state index is -1.05. The first-order chi connectivity index (χ1) is 9.63. The molecule has 0 aliphatic rings. The van der Waals surface area contributed by atoms with Crippen LogP contribution in [0.5, 0.6) is 11.5 Å². The Morgan fingerprint density at radius 3 is 2.35 bits per heavy atom. The molecule has 0 fully saturated rings. The Labute approximate surface area is 115 Å². The van der Waals surface area contributed by atoms with Crippen molar-refractivity contribution in [3.63, 3.8) is 0 Å². The predicted molar refractivity (Wildman–Crippen MR) is 69.8 cm³/mol. The third kappa shape index (κ3) is 3.05. The van der Waals surface area contributed by atoms with Crippen molar-refractivity contribution >= 4 is 0 Å². The lowest BCUT2D eigenvalue weighted by atomic mass is 10.1. The van der Waals surface area contributed by atoms with Crippen LogP contribution in [0.4, 0.5) is 8.78 Å². The van der Waals surface area contributed by atoms with Gasteiger partial charge in [0.05, 0.1) is 7.11 Å². The molecule has 0 aliphatic heterocycles. The number of aliphatic hydroxyl groups excluding tert-OH is 1. The van der Waals surface area contributed by atoms with Crippen molar-refractivity contribution in [2.24, 2.45) is 0 Å². The van der Waals surface area contributed by atoms with E-state index in [9.17, 15) is 13.9 Å². The third-order valence-corrected chi connectivity index (χ3v) is 2.80. The largest absolute Gasteiger partial charge is 0.496 e. The van der Waals surface area contributed by atoms with Crippen molar-refractivity contribution in [3.8, 4) is 11.5 Å². The van der Waals surface area contributed by atoms with E-state index in [-0.39, 0.29) is 6.61 Å². The molecule has 2 rings (SSSR count). The highest BCUT2D eigenvalue weighted by Gasteiger charge is 2.16. The van der Waals surface area contributed by atoms with Crippen molar-refractivity contribution in [2.45, 2.75) is 6.10 Å². The van der Waals surface area contributed by atoms with Gasteiger partial charge in [0.15, 0.2) is 17.4 Å². The molecule has 0 radical (unpaired) electrons. The van der Waals surface area contributed by atoms with Gasteiger partial charge in [-0.15, -0.1) is 0 Å². The van der Waals surface area contributed by atoms with Crippen LogP contribution >= 0.6 is 0 Å². The molecule has 2 aromatic carbocycles. The van der Waals surface area contributed by atoms with Crippen molar-refractivity contribution in [1.82, 2.24) is 0 Å². The third-order valence-electron chi connectivity index (χ3n) is 2.80. The second-order valence-electron chi connectivity index (χ2n) is 4.12. The molecule has 0 aliphatic carbocycles. The Balaban J connectivity index is 2.11. The zero-order valence-electron chi connectivity index (χ0n) is 10.8. The second kappa shape index (κ2) is 6.34. The maximum absolute atomic E-state index is 13.4. The Morgan fingerprint density at radius 1 is 1.05 bits per heavy atom. The Bertz CT molecular complexity index is 567. The van der Waals surface area contributed by atoms with Gasteiger partial charge >= 0.3 is 0 Å². The predicted octanol–water partition coefficient (Wildman–Crippen LogP) is 3.09. The first-order valence-corrected chi connectivity index (χ1v) is 6.01. The van der Waals surface area contributed by atoms with E-state index < -0.39 is 23.5 Å². The molecule has 1 N–H and O–H groups in total. The second-order valence-corrected chi connectivity index (χ2v) is 4.12. The molecule has 5 heteroatoms. The Morgan fingerprint density at radius 2 is 1.70 bits per heavy atom. The van der Waals surface area contributed by atoms with Crippen molar-refractivity contribution in [1.29, 1.82) is 0 Å². The molecule has 1 unspecified atom stereocenters. The Hall–Kier alpha value is -2.14. The summed E-state index contributed by atoms with van der Waals surface area (Å²) in [7, 11) is 1.48. The van der Waals surface area contributed by atoms with Crippen LogP contribution in [0.1, 0.15) is 11.7 Å². The van der Waals surface area contributed by atoms with Crippen LogP contribution in [0.15, 0.2) is 42.5 Å².